The Labute approximate surface area is 111 Å². The van der Waals surface area contributed by atoms with Crippen molar-refractivity contribution >= 4 is 23.5 Å². The molecule has 2 aromatic rings. The Balaban J connectivity index is 2.12. The molecule has 0 radical (unpaired) electrons. The van der Waals surface area contributed by atoms with Gasteiger partial charge in [-0.25, -0.2) is 9.78 Å². The van der Waals surface area contributed by atoms with Crippen LogP contribution in [0.15, 0.2) is 26.5 Å². The molecular formula is C11H11N3O4S. The zero-order valence-corrected chi connectivity index (χ0v) is 10.8. The molecule has 4 N–H and O–H groups in total. The van der Waals surface area contributed by atoms with Crippen LogP contribution in [0, 0.1) is 6.92 Å². The number of nitrogens with one attached hydrogen (secondary N) is 1. The Morgan fingerprint density at radius 2 is 2.32 bits per heavy atom. The lowest BCUT2D eigenvalue weighted by Gasteiger charge is -1.99. The van der Waals surface area contributed by atoms with Gasteiger partial charge < -0.3 is 20.2 Å². The number of aromatic amines is 1. The lowest BCUT2D eigenvalue weighted by molar-refractivity contribution is 0.0659. The largest absolute Gasteiger partial charge is 0.475 e. The summed E-state index contributed by atoms with van der Waals surface area (Å²) in [5.41, 5.74) is 5.67. The minimum atomic E-state index is -1.11. The zero-order valence-electron chi connectivity index (χ0n) is 9.97. The standard InChI is InChI=1S/C11H11N3O4S/c1-5-2-6(18-9(5)10(16)17)4-19-11-13-7(12)3-8(15)14-11/h2-3H,4H2,1H3,(H,16,17)(H3,12,13,14,15). The maximum absolute atomic E-state index is 11.2. The van der Waals surface area contributed by atoms with Gasteiger partial charge in [-0.3, -0.25) is 4.79 Å². The van der Waals surface area contributed by atoms with Gasteiger partial charge in [-0.05, 0) is 13.0 Å². The summed E-state index contributed by atoms with van der Waals surface area (Å²) in [6.45, 7) is 1.65. The second-order valence-corrected chi connectivity index (χ2v) is 4.76. The molecule has 100 valence electrons. The van der Waals surface area contributed by atoms with E-state index in [2.05, 4.69) is 9.97 Å². The second kappa shape index (κ2) is 5.19. The van der Waals surface area contributed by atoms with E-state index in [1.165, 1.54) is 17.8 Å². The highest BCUT2D eigenvalue weighted by Gasteiger charge is 2.14. The van der Waals surface area contributed by atoms with Crippen LogP contribution in [0.5, 0.6) is 0 Å². The van der Waals surface area contributed by atoms with Gasteiger partial charge in [0.1, 0.15) is 11.6 Å². The molecule has 2 aromatic heterocycles. The summed E-state index contributed by atoms with van der Waals surface area (Å²) < 4.78 is 5.19. The minimum Gasteiger partial charge on any atom is -0.475 e. The first-order chi connectivity index (χ1) is 8.95. The Bertz CT molecular complexity index is 677. The molecule has 0 saturated carbocycles. The molecule has 0 aromatic carbocycles. The maximum atomic E-state index is 11.2. The van der Waals surface area contributed by atoms with Gasteiger partial charge in [-0.2, -0.15) is 0 Å². The molecule has 0 spiro atoms. The number of aromatic nitrogens is 2. The molecular weight excluding hydrogens is 270 g/mol. The van der Waals surface area contributed by atoms with E-state index >= 15 is 0 Å². The molecule has 0 fully saturated rings. The van der Waals surface area contributed by atoms with E-state index in [1.807, 2.05) is 0 Å². The fourth-order valence-electron chi connectivity index (χ4n) is 1.49. The average molecular weight is 281 g/mol. The normalized spacial score (nSPS) is 10.6. The van der Waals surface area contributed by atoms with Crippen LogP contribution in [0.1, 0.15) is 21.9 Å². The van der Waals surface area contributed by atoms with Crippen LogP contribution >= 0.6 is 11.8 Å². The molecule has 0 saturated heterocycles. The van der Waals surface area contributed by atoms with Gasteiger partial charge in [0.25, 0.3) is 5.56 Å². The maximum Gasteiger partial charge on any atom is 0.372 e. The van der Waals surface area contributed by atoms with Crippen LogP contribution in [-0.4, -0.2) is 21.0 Å². The summed E-state index contributed by atoms with van der Waals surface area (Å²) in [4.78, 5) is 28.5. The Hall–Kier alpha value is -2.22. The summed E-state index contributed by atoms with van der Waals surface area (Å²) >= 11 is 1.20. The van der Waals surface area contributed by atoms with Crippen molar-refractivity contribution in [3.63, 3.8) is 0 Å². The molecule has 0 amide bonds. The van der Waals surface area contributed by atoms with Crippen LogP contribution in [0.3, 0.4) is 0 Å². The van der Waals surface area contributed by atoms with Crippen molar-refractivity contribution in [2.24, 2.45) is 0 Å². The third kappa shape index (κ3) is 3.16. The van der Waals surface area contributed by atoms with Crippen LogP contribution < -0.4 is 11.3 Å². The first-order valence-corrected chi connectivity index (χ1v) is 6.26. The summed E-state index contributed by atoms with van der Waals surface area (Å²) in [7, 11) is 0. The molecule has 19 heavy (non-hydrogen) atoms. The van der Waals surface area contributed by atoms with E-state index < -0.39 is 5.97 Å². The Kier molecular flexibility index (Phi) is 3.61. The molecule has 2 rings (SSSR count). The fraction of sp³-hybridized carbons (Fsp3) is 0.182. The van der Waals surface area contributed by atoms with Crippen LogP contribution in [0.4, 0.5) is 5.82 Å². The topological polar surface area (TPSA) is 122 Å². The summed E-state index contributed by atoms with van der Waals surface area (Å²) in [5, 5.41) is 9.22. The van der Waals surface area contributed by atoms with Crippen LogP contribution in [-0.2, 0) is 5.75 Å². The molecule has 0 aliphatic carbocycles. The Morgan fingerprint density at radius 1 is 1.58 bits per heavy atom. The van der Waals surface area contributed by atoms with E-state index in [0.717, 1.165) is 0 Å². The molecule has 0 aliphatic heterocycles. The lowest BCUT2D eigenvalue weighted by Crippen LogP contribution is -2.09. The predicted octanol–water partition coefficient (Wildman–Crippen LogP) is 1.24. The van der Waals surface area contributed by atoms with Crippen molar-refractivity contribution in [2.75, 3.05) is 5.73 Å². The summed E-state index contributed by atoms with van der Waals surface area (Å²) in [6, 6.07) is 2.82. The van der Waals surface area contributed by atoms with Gasteiger partial charge in [-0.15, -0.1) is 0 Å². The smallest absolute Gasteiger partial charge is 0.372 e. The van der Waals surface area contributed by atoms with Crippen molar-refractivity contribution in [1.29, 1.82) is 0 Å². The average Bonchev–Trinajstić information content (AvgIpc) is 2.67. The van der Waals surface area contributed by atoms with Gasteiger partial charge in [0.2, 0.25) is 5.76 Å². The number of hydrogen-bond donors (Lipinski definition) is 3. The number of nitrogens with two attached hydrogens (primary N) is 1. The van der Waals surface area contributed by atoms with E-state index in [9.17, 15) is 9.59 Å². The number of aromatic carboxylic acids is 1. The molecule has 0 atom stereocenters. The van der Waals surface area contributed by atoms with E-state index in [0.29, 0.717) is 22.2 Å². The predicted molar refractivity (Wildman–Crippen MR) is 69.2 cm³/mol. The van der Waals surface area contributed by atoms with Crippen molar-refractivity contribution in [1.82, 2.24) is 9.97 Å². The molecule has 8 heteroatoms. The zero-order chi connectivity index (χ0) is 14.0. The van der Waals surface area contributed by atoms with Gasteiger partial charge in [0, 0.05) is 11.6 Å². The van der Waals surface area contributed by atoms with E-state index in [4.69, 9.17) is 15.3 Å². The highest BCUT2D eigenvalue weighted by molar-refractivity contribution is 7.98. The first-order valence-electron chi connectivity index (χ1n) is 5.28. The number of thioether (sulfide) groups is 1. The van der Waals surface area contributed by atoms with E-state index in [1.54, 1.807) is 13.0 Å². The molecule has 0 bridgehead atoms. The highest BCUT2D eigenvalue weighted by atomic mass is 32.2. The minimum absolute atomic E-state index is 0.0790. The quantitative estimate of drug-likeness (QED) is 0.569. The van der Waals surface area contributed by atoms with Crippen molar-refractivity contribution in [2.45, 2.75) is 17.8 Å². The van der Waals surface area contributed by atoms with Crippen molar-refractivity contribution in [3.8, 4) is 0 Å². The second-order valence-electron chi connectivity index (χ2n) is 3.79. The number of hydrogen-bond acceptors (Lipinski definition) is 6. The van der Waals surface area contributed by atoms with Crippen molar-refractivity contribution in [3.05, 3.63) is 39.6 Å². The molecule has 0 unspecified atom stereocenters. The van der Waals surface area contributed by atoms with Gasteiger partial charge in [-0.1, -0.05) is 11.8 Å². The summed E-state index contributed by atoms with van der Waals surface area (Å²) in [5.74, 6) is -0.215. The molecule has 7 nitrogen and oxygen atoms in total. The van der Waals surface area contributed by atoms with Gasteiger partial charge in [0.05, 0.1) is 5.75 Å². The monoisotopic (exact) mass is 281 g/mol. The lowest BCUT2D eigenvalue weighted by atomic mass is 10.3. The molecule has 2 heterocycles. The number of aryl methyl sites for hydroxylation is 1. The number of nitrogens with zero attached hydrogens (tertiary/aromatic N) is 1. The third-order valence-corrected chi connectivity index (χ3v) is 3.15. The SMILES string of the molecule is Cc1cc(CSc2nc(N)cc(=O)[nH]2)oc1C(=O)O. The van der Waals surface area contributed by atoms with Gasteiger partial charge in [0.15, 0.2) is 5.16 Å². The number of carboxylic acids is 1. The molecule has 0 aliphatic rings. The first kappa shape index (κ1) is 13.2. The van der Waals surface area contributed by atoms with Crippen LogP contribution in [0.2, 0.25) is 0 Å². The van der Waals surface area contributed by atoms with Gasteiger partial charge >= 0.3 is 5.97 Å². The third-order valence-electron chi connectivity index (χ3n) is 2.25. The number of carbonyl (C=O) groups is 1. The summed E-state index contributed by atoms with van der Waals surface area (Å²) in [6.07, 6.45) is 0. The van der Waals surface area contributed by atoms with E-state index in [-0.39, 0.29) is 17.1 Å². The number of nitrogen functional groups attached to an aromatic ring is 1. The highest BCUT2D eigenvalue weighted by Crippen LogP contribution is 2.22. The fourth-order valence-corrected chi connectivity index (χ4v) is 2.26. The van der Waals surface area contributed by atoms with Crippen LogP contribution in [0.25, 0.3) is 0 Å². The number of carboxylic acid groups (broad SMARTS) is 1. The Morgan fingerprint density at radius 3 is 2.89 bits per heavy atom. The van der Waals surface area contributed by atoms with Crippen molar-refractivity contribution < 1.29 is 14.3 Å². The number of furan rings is 1. The number of anilines is 1. The number of rotatable bonds is 4. The number of H-pyrrole nitrogens is 1.